The molecule has 1 N–H and O–H groups in total. The average molecular weight is 276 g/mol. The number of nitrogens with one attached hydrogen (secondary N) is 1. The molecule has 0 bridgehead atoms. The van der Waals surface area contributed by atoms with E-state index in [9.17, 15) is 0 Å². The lowest BCUT2D eigenvalue weighted by molar-refractivity contribution is 0.108. The Morgan fingerprint density at radius 2 is 2.05 bits per heavy atom. The number of fused-ring (bicyclic) bond motifs is 1. The molecule has 4 heteroatoms. The molecule has 2 fully saturated rings. The summed E-state index contributed by atoms with van der Waals surface area (Å²) in [5.74, 6) is 2.75. The Kier molecular flexibility index (Phi) is 4.39. The molecule has 4 atom stereocenters. The number of hydrogen-bond acceptors (Lipinski definition) is 3. The Hall–Kier alpha value is -0.900. The first-order chi connectivity index (χ1) is 9.79. The predicted octanol–water partition coefficient (Wildman–Crippen LogP) is 3.07. The van der Waals surface area contributed by atoms with Crippen molar-refractivity contribution in [3.05, 3.63) is 11.9 Å². The minimum Gasteiger partial charge on any atom is -0.309 e. The molecular weight excluding hydrogens is 248 g/mol. The van der Waals surface area contributed by atoms with Crippen LogP contribution in [0.5, 0.6) is 0 Å². The highest BCUT2D eigenvalue weighted by Gasteiger charge is 2.36. The first-order valence-electron chi connectivity index (χ1n) is 8.37. The molecule has 0 spiro atoms. The van der Waals surface area contributed by atoms with Crippen LogP contribution in [-0.4, -0.2) is 21.5 Å². The van der Waals surface area contributed by atoms with E-state index in [2.05, 4.69) is 22.6 Å². The molecule has 1 aromatic rings. The molecule has 0 aliphatic heterocycles. The van der Waals surface area contributed by atoms with E-state index in [1.165, 1.54) is 50.6 Å². The fourth-order valence-corrected chi connectivity index (χ4v) is 4.52. The van der Waals surface area contributed by atoms with Crippen molar-refractivity contribution in [2.75, 3.05) is 6.54 Å². The van der Waals surface area contributed by atoms with Gasteiger partial charge in [-0.2, -0.15) is 0 Å². The summed E-state index contributed by atoms with van der Waals surface area (Å²) in [5, 5.41) is 11.9. The predicted molar refractivity (Wildman–Crippen MR) is 80.2 cm³/mol. The summed E-state index contributed by atoms with van der Waals surface area (Å²) in [6, 6.07) is 0.433. The van der Waals surface area contributed by atoms with E-state index in [0.717, 1.165) is 24.3 Å². The highest BCUT2D eigenvalue weighted by molar-refractivity contribution is 5.05. The molecule has 0 aromatic carbocycles. The Morgan fingerprint density at radius 3 is 2.75 bits per heavy atom. The van der Waals surface area contributed by atoms with E-state index in [4.69, 9.17) is 0 Å². The average Bonchev–Trinajstić information content (AvgIpc) is 2.90. The highest BCUT2D eigenvalue weighted by Crippen LogP contribution is 2.45. The quantitative estimate of drug-likeness (QED) is 0.919. The van der Waals surface area contributed by atoms with Crippen molar-refractivity contribution in [2.45, 2.75) is 57.9 Å². The molecule has 0 saturated heterocycles. The van der Waals surface area contributed by atoms with Gasteiger partial charge in [-0.15, -0.1) is 5.10 Å². The maximum absolute atomic E-state index is 4.12. The largest absolute Gasteiger partial charge is 0.309 e. The van der Waals surface area contributed by atoms with Gasteiger partial charge < -0.3 is 5.32 Å². The molecule has 112 valence electrons. The van der Waals surface area contributed by atoms with Crippen molar-refractivity contribution in [1.82, 2.24) is 20.3 Å². The third kappa shape index (κ3) is 2.76. The molecule has 2 aliphatic carbocycles. The lowest BCUT2D eigenvalue weighted by Crippen LogP contribution is -2.36. The monoisotopic (exact) mass is 276 g/mol. The first-order valence-corrected chi connectivity index (χ1v) is 8.37. The lowest BCUT2D eigenvalue weighted by Gasteiger charge is -2.42. The number of nitrogens with zero attached hydrogens (tertiary/aromatic N) is 3. The Balaban J connectivity index is 1.73. The van der Waals surface area contributed by atoms with Gasteiger partial charge in [0.05, 0.1) is 17.9 Å². The van der Waals surface area contributed by atoms with Gasteiger partial charge in [-0.25, -0.2) is 0 Å². The molecule has 2 aliphatic rings. The van der Waals surface area contributed by atoms with Gasteiger partial charge in [0, 0.05) is 7.05 Å². The normalized spacial score (nSPS) is 31.8. The van der Waals surface area contributed by atoms with Gasteiger partial charge in [0.2, 0.25) is 0 Å². The summed E-state index contributed by atoms with van der Waals surface area (Å²) in [4.78, 5) is 0. The van der Waals surface area contributed by atoms with Crippen molar-refractivity contribution in [3.63, 3.8) is 0 Å². The van der Waals surface area contributed by atoms with Crippen LogP contribution in [0.15, 0.2) is 6.20 Å². The van der Waals surface area contributed by atoms with Gasteiger partial charge in [-0.3, -0.25) is 4.68 Å². The van der Waals surface area contributed by atoms with Gasteiger partial charge in [-0.05, 0) is 43.6 Å². The van der Waals surface area contributed by atoms with Crippen molar-refractivity contribution >= 4 is 0 Å². The van der Waals surface area contributed by atoms with Crippen LogP contribution >= 0.6 is 0 Å². The van der Waals surface area contributed by atoms with Gasteiger partial charge in [-0.1, -0.05) is 37.8 Å². The van der Waals surface area contributed by atoms with E-state index in [-0.39, 0.29) is 0 Å². The molecule has 1 aromatic heterocycles. The second kappa shape index (κ2) is 6.25. The summed E-state index contributed by atoms with van der Waals surface area (Å²) in [5.41, 5.74) is 1.26. The second-order valence-corrected chi connectivity index (χ2v) is 6.70. The third-order valence-electron chi connectivity index (χ3n) is 5.54. The fourth-order valence-electron chi connectivity index (χ4n) is 4.52. The van der Waals surface area contributed by atoms with Crippen molar-refractivity contribution in [1.29, 1.82) is 0 Å². The summed E-state index contributed by atoms with van der Waals surface area (Å²) in [6.07, 6.45) is 12.0. The standard InChI is InChI=1S/C16H28N4/c1-3-17-16(15-11-18-19-20(15)2)14-9-8-12-6-4-5-7-13(12)10-14/h11-14,16-17H,3-10H2,1-2H3. The molecule has 1 heterocycles. The number of aryl methyl sites for hydroxylation is 1. The highest BCUT2D eigenvalue weighted by atomic mass is 15.4. The number of hydrogen-bond donors (Lipinski definition) is 1. The topological polar surface area (TPSA) is 42.7 Å². The number of rotatable bonds is 4. The van der Waals surface area contributed by atoms with Crippen LogP contribution in [0.25, 0.3) is 0 Å². The van der Waals surface area contributed by atoms with Crippen molar-refractivity contribution in [3.8, 4) is 0 Å². The van der Waals surface area contributed by atoms with Crippen LogP contribution < -0.4 is 5.32 Å². The van der Waals surface area contributed by atoms with Crippen molar-refractivity contribution in [2.24, 2.45) is 24.8 Å². The molecule has 20 heavy (non-hydrogen) atoms. The minimum absolute atomic E-state index is 0.433. The first kappa shape index (κ1) is 14.1. The van der Waals surface area contributed by atoms with E-state index >= 15 is 0 Å². The zero-order valence-corrected chi connectivity index (χ0v) is 12.9. The molecular formula is C16H28N4. The van der Waals surface area contributed by atoms with E-state index in [1.54, 1.807) is 0 Å². The second-order valence-electron chi connectivity index (χ2n) is 6.70. The Morgan fingerprint density at radius 1 is 1.25 bits per heavy atom. The molecule has 4 nitrogen and oxygen atoms in total. The molecule has 3 rings (SSSR count). The van der Waals surface area contributed by atoms with E-state index in [1.807, 2.05) is 17.9 Å². The zero-order chi connectivity index (χ0) is 13.9. The van der Waals surface area contributed by atoms with Gasteiger partial charge >= 0.3 is 0 Å². The minimum atomic E-state index is 0.433. The van der Waals surface area contributed by atoms with Crippen LogP contribution in [0.4, 0.5) is 0 Å². The van der Waals surface area contributed by atoms with Crippen LogP contribution in [0.3, 0.4) is 0 Å². The molecule has 4 unspecified atom stereocenters. The molecule has 0 radical (unpaired) electrons. The maximum Gasteiger partial charge on any atom is 0.0756 e. The van der Waals surface area contributed by atoms with E-state index < -0.39 is 0 Å². The summed E-state index contributed by atoms with van der Waals surface area (Å²) < 4.78 is 1.94. The van der Waals surface area contributed by atoms with Crippen LogP contribution in [-0.2, 0) is 7.05 Å². The van der Waals surface area contributed by atoms with Gasteiger partial charge in [0.25, 0.3) is 0 Å². The summed E-state index contributed by atoms with van der Waals surface area (Å²) >= 11 is 0. The van der Waals surface area contributed by atoms with Crippen LogP contribution in [0.1, 0.15) is 63.6 Å². The zero-order valence-electron chi connectivity index (χ0n) is 12.9. The Labute approximate surface area is 122 Å². The lowest BCUT2D eigenvalue weighted by atomic mass is 9.66. The van der Waals surface area contributed by atoms with Crippen LogP contribution in [0, 0.1) is 17.8 Å². The molecule has 0 amide bonds. The number of aromatic nitrogens is 3. The third-order valence-corrected chi connectivity index (χ3v) is 5.54. The van der Waals surface area contributed by atoms with Crippen molar-refractivity contribution < 1.29 is 0 Å². The fraction of sp³-hybridized carbons (Fsp3) is 0.875. The molecule has 2 saturated carbocycles. The van der Waals surface area contributed by atoms with Crippen LogP contribution in [0.2, 0.25) is 0 Å². The summed E-state index contributed by atoms with van der Waals surface area (Å²) in [7, 11) is 2.01. The maximum atomic E-state index is 4.12. The summed E-state index contributed by atoms with van der Waals surface area (Å²) in [6.45, 7) is 3.21. The van der Waals surface area contributed by atoms with E-state index in [0.29, 0.717) is 6.04 Å². The van der Waals surface area contributed by atoms with Gasteiger partial charge in [0.1, 0.15) is 0 Å². The van der Waals surface area contributed by atoms with Gasteiger partial charge in [0.15, 0.2) is 0 Å². The SMILES string of the molecule is CCNC(c1cnnn1C)C1CCC2CCCCC2C1. The smallest absolute Gasteiger partial charge is 0.0756 e. The Bertz CT molecular complexity index is 428.